The van der Waals surface area contributed by atoms with E-state index in [1.54, 1.807) is 42.5 Å². The summed E-state index contributed by atoms with van der Waals surface area (Å²) in [6.07, 6.45) is 1.47. The molecule has 5 rings (SSSR count). The number of halogens is 1. The molecular weight excluding hydrogens is 600 g/mol. The number of anilines is 1. The van der Waals surface area contributed by atoms with Crippen LogP contribution in [0.3, 0.4) is 0 Å². The number of amides is 3. The van der Waals surface area contributed by atoms with Crippen molar-refractivity contribution in [2.24, 2.45) is 0 Å². The zero-order chi connectivity index (χ0) is 29.9. The number of carbonyl (C=O) groups is 3. The molecule has 9 nitrogen and oxygen atoms in total. The Morgan fingerprint density at radius 2 is 1.67 bits per heavy atom. The number of para-hydroxylation sites is 1. The summed E-state index contributed by atoms with van der Waals surface area (Å²) in [5.41, 5.74) is 0.755. The second-order valence-electron chi connectivity index (χ2n) is 9.05. The van der Waals surface area contributed by atoms with Gasteiger partial charge in [0.2, 0.25) is 5.91 Å². The van der Waals surface area contributed by atoms with Crippen molar-refractivity contribution in [2.45, 2.75) is 11.8 Å². The average Bonchev–Trinajstić information content (AvgIpc) is 3.22. The van der Waals surface area contributed by atoms with Crippen molar-refractivity contribution in [3.8, 4) is 11.5 Å². The Kier molecular flexibility index (Phi) is 8.53. The molecule has 1 saturated heterocycles. The topological polar surface area (TPSA) is 119 Å². The van der Waals surface area contributed by atoms with Crippen LogP contribution in [0.15, 0.2) is 94.7 Å². The number of hydrogen-bond acceptors (Lipinski definition) is 8. The number of thioether (sulfide) groups is 1. The summed E-state index contributed by atoms with van der Waals surface area (Å²) < 4.78 is 37.6. The number of ether oxygens (including phenoxy) is 1. The molecule has 0 saturated carbocycles. The fourth-order valence-electron chi connectivity index (χ4n) is 4.20. The molecule has 0 radical (unpaired) electrons. The molecule has 42 heavy (non-hydrogen) atoms. The zero-order valence-electron chi connectivity index (χ0n) is 22.1. The SMILES string of the molecule is CC(=O)Nc1ccc(S(=O)(=O)Oc2ccc3ccccc3c2/C=C2\SC(=O)N(CCOc3ccccc3Cl)C2=O)cc1. The molecule has 1 aliphatic heterocycles. The first kappa shape index (κ1) is 29.2. The Hall–Kier alpha value is -4.32. The van der Waals surface area contributed by atoms with Crippen LogP contribution in [0, 0.1) is 0 Å². The molecule has 214 valence electrons. The molecule has 0 atom stereocenters. The Morgan fingerprint density at radius 1 is 0.952 bits per heavy atom. The minimum absolute atomic E-state index is 0.00498. The van der Waals surface area contributed by atoms with Gasteiger partial charge in [-0.2, -0.15) is 8.42 Å². The van der Waals surface area contributed by atoms with E-state index < -0.39 is 21.3 Å². The number of fused-ring (bicyclic) bond motifs is 1. The molecule has 0 spiro atoms. The van der Waals surface area contributed by atoms with Crippen LogP contribution in [-0.2, 0) is 19.7 Å². The zero-order valence-corrected chi connectivity index (χ0v) is 24.5. The molecule has 0 aliphatic carbocycles. The molecule has 12 heteroatoms. The first-order valence-corrected chi connectivity index (χ1v) is 15.2. The number of carbonyl (C=O) groups excluding carboxylic acids is 3. The lowest BCUT2D eigenvalue weighted by molar-refractivity contribution is -0.123. The Labute approximate surface area is 251 Å². The summed E-state index contributed by atoms with van der Waals surface area (Å²) in [5.74, 6) is -0.415. The molecule has 4 aromatic rings. The van der Waals surface area contributed by atoms with Gasteiger partial charge in [-0.1, -0.05) is 54.1 Å². The van der Waals surface area contributed by atoms with Gasteiger partial charge in [0.05, 0.1) is 16.5 Å². The van der Waals surface area contributed by atoms with Gasteiger partial charge in [-0.3, -0.25) is 19.3 Å². The molecule has 4 aromatic carbocycles. The van der Waals surface area contributed by atoms with Crippen LogP contribution < -0.4 is 14.2 Å². The molecule has 0 aromatic heterocycles. The van der Waals surface area contributed by atoms with Crippen molar-refractivity contribution in [3.05, 3.63) is 100 Å². The summed E-state index contributed by atoms with van der Waals surface area (Å²) in [7, 11) is -4.30. The average molecular weight is 623 g/mol. The van der Waals surface area contributed by atoms with Gasteiger partial charge in [-0.25, -0.2) is 0 Å². The fourth-order valence-corrected chi connectivity index (χ4v) is 6.19. The number of benzene rings is 4. The Bertz CT molecular complexity index is 1840. The molecule has 0 bridgehead atoms. The van der Waals surface area contributed by atoms with E-state index in [4.69, 9.17) is 20.5 Å². The first-order valence-electron chi connectivity index (χ1n) is 12.6. The van der Waals surface area contributed by atoms with Gasteiger partial charge in [0.25, 0.3) is 11.1 Å². The third kappa shape index (κ3) is 6.43. The lowest BCUT2D eigenvalue weighted by Gasteiger charge is -2.14. The third-order valence-electron chi connectivity index (χ3n) is 6.15. The maximum Gasteiger partial charge on any atom is 0.339 e. The fraction of sp³-hybridized carbons (Fsp3) is 0.100. The predicted molar refractivity (Wildman–Crippen MR) is 162 cm³/mol. The summed E-state index contributed by atoms with van der Waals surface area (Å²) in [4.78, 5) is 38.3. The monoisotopic (exact) mass is 622 g/mol. The van der Waals surface area contributed by atoms with E-state index in [9.17, 15) is 22.8 Å². The van der Waals surface area contributed by atoms with Crippen LogP contribution in [0.4, 0.5) is 10.5 Å². The van der Waals surface area contributed by atoms with Crippen molar-refractivity contribution >= 4 is 73.1 Å². The van der Waals surface area contributed by atoms with Crippen molar-refractivity contribution < 1.29 is 31.7 Å². The lowest BCUT2D eigenvalue weighted by Crippen LogP contribution is -2.32. The molecule has 1 heterocycles. The Morgan fingerprint density at radius 3 is 2.40 bits per heavy atom. The van der Waals surface area contributed by atoms with E-state index in [0.29, 0.717) is 27.4 Å². The van der Waals surface area contributed by atoms with Crippen LogP contribution in [0.1, 0.15) is 12.5 Å². The number of nitrogens with one attached hydrogen (secondary N) is 1. The van der Waals surface area contributed by atoms with Crippen molar-refractivity contribution in [3.63, 3.8) is 0 Å². The van der Waals surface area contributed by atoms with Crippen LogP contribution in [0.2, 0.25) is 5.02 Å². The highest BCUT2D eigenvalue weighted by Crippen LogP contribution is 2.38. The molecular formula is C30H23ClN2O7S2. The Balaban J connectivity index is 1.42. The normalized spacial score (nSPS) is 14.4. The van der Waals surface area contributed by atoms with Gasteiger partial charge in [-0.15, -0.1) is 0 Å². The molecule has 1 aliphatic rings. The van der Waals surface area contributed by atoms with E-state index in [-0.39, 0.29) is 34.6 Å². The predicted octanol–water partition coefficient (Wildman–Crippen LogP) is 6.33. The summed E-state index contributed by atoms with van der Waals surface area (Å²) >= 11 is 6.85. The van der Waals surface area contributed by atoms with Crippen LogP contribution >= 0.6 is 23.4 Å². The van der Waals surface area contributed by atoms with E-state index >= 15 is 0 Å². The van der Waals surface area contributed by atoms with Crippen LogP contribution in [-0.4, -0.2) is 43.5 Å². The molecule has 3 amide bonds. The minimum atomic E-state index is -4.30. The van der Waals surface area contributed by atoms with Gasteiger partial charge >= 0.3 is 10.1 Å². The smallest absolute Gasteiger partial charge is 0.339 e. The summed E-state index contributed by atoms with van der Waals surface area (Å²) in [6, 6.07) is 22.8. The van der Waals surface area contributed by atoms with Crippen molar-refractivity contribution in [1.82, 2.24) is 4.90 Å². The highest BCUT2D eigenvalue weighted by atomic mass is 35.5. The summed E-state index contributed by atoms with van der Waals surface area (Å²) in [6.45, 7) is 1.38. The van der Waals surface area contributed by atoms with Gasteiger partial charge in [0.15, 0.2) is 5.75 Å². The third-order valence-corrected chi connectivity index (χ3v) is 8.62. The number of nitrogens with zero attached hydrogens (tertiary/aromatic N) is 1. The number of hydrogen-bond donors (Lipinski definition) is 1. The molecule has 0 unspecified atom stereocenters. The number of rotatable bonds is 9. The standard InChI is InChI=1S/C30H23ClN2O7S2/c1-19(34)32-21-11-13-22(14-12-21)42(37,38)40-26-15-10-20-6-2-3-7-23(20)24(26)18-28-29(35)33(30(36)41-28)16-17-39-27-9-5-4-8-25(27)31/h2-15,18H,16-17H2,1H3,(H,32,34)/b28-18-. The molecule has 1 fully saturated rings. The van der Waals surface area contributed by atoms with Crippen molar-refractivity contribution in [2.75, 3.05) is 18.5 Å². The molecule has 1 N–H and O–H groups in total. The van der Waals surface area contributed by atoms with E-state index in [1.807, 2.05) is 12.1 Å². The van der Waals surface area contributed by atoms with Gasteiger partial charge in [0, 0.05) is 18.2 Å². The van der Waals surface area contributed by atoms with E-state index in [1.165, 1.54) is 43.3 Å². The van der Waals surface area contributed by atoms with E-state index in [0.717, 1.165) is 22.0 Å². The lowest BCUT2D eigenvalue weighted by atomic mass is 10.0. The maximum absolute atomic E-state index is 13.2. The van der Waals surface area contributed by atoms with Crippen LogP contribution in [0.25, 0.3) is 16.8 Å². The second-order valence-corrected chi connectivity index (χ2v) is 12.0. The largest absolute Gasteiger partial charge is 0.490 e. The number of imide groups is 1. The van der Waals surface area contributed by atoms with Gasteiger partial charge in [-0.05, 0) is 71.1 Å². The minimum Gasteiger partial charge on any atom is -0.490 e. The quantitative estimate of drug-likeness (QED) is 0.170. The first-order chi connectivity index (χ1) is 20.1. The van der Waals surface area contributed by atoms with Gasteiger partial charge in [0.1, 0.15) is 17.3 Å². The van der Waals surface area contributed by atoms with Crippen molar-refractivity contribution in [1.29, 1.82) is 0 Å². The maximum atomic E-state index is 13.2. The summed E-state index contributed by atoms with van der Waals surface area (Å²) in [5, 5.41) is 3.91. The highest BCUT2D eigenvalue weighted by molar-refractivity contribution is 8.18. The van der Waals surface area contributed by atoms with Crippen LogP contribution in [0.5, 0.6) is 11.5 Å². The van der Waals surface area contributed by atoms with Gasteiger partial charge < -0.3 is 14.2 Å². The highest BCUT2D eigenvalue weighted by Gasteiger charge is 2.35. The second kappa shape index (κ2) is 12.3. The van der Waals surface area contributed by atoms with E-state index in [2.05, 4.69) is 5.32 Å².